The fourth-order valence-corrected chi connectivity index (χ4v) is 2.15. The molecule has 1 aromatic rings. The summed E-state index contributed by atoms with van der Waals surface area (Å²) in [5.41, 5.74) is 0.118. The SMILES string of the molecule is O=C1CCCC(c2ccc(F)c(F)c2F)C1. The molecule has 2 rings (SSSR count). The van der Waals surface area contributed by atoms with Crippen molar-refractivity contribution in [3.63, 3.8) is 0 Å². The monoisotopic (exact) mass is 228 g/mol. The molecule has 0 saturated heterocycles. The Balaban J connectivity index is 2.33. The zero-order chi connectivity index (χ0) is 11.7. The van der Waals surface area contributed by atoms with Gasteiger partial charge in [-0.3, -0.25) is 4.79 Å². The Morgan fingerprint density at radius 2 is 1.88 bits per heavy atom. The Kier molecular flexibility index (Phi) is 2.99. The second-order valence-corrected chi connectivity index (χ2v) is 4.10. The summed E-state index contributed by atoms with van der Waals surface area (Å²) in [7, 11) is 0. The summed E-state index contributed by atoms with van der Waals surface area (Å²) in [5, 5.41) is 0. The molecule has 0 radical (unpaired) electrons. The predicted molar refractivity (Wildman–Crippen MR) is 52.5 cm³/mol. The van der Waals surface area contributed by atoms with Gasteiger partial charge in [-0.25, -0.2) is 13.2 Å². The fourth-order valence-electron chi connectivity index (χ4n) is 2.15. The lowest BCUT2D eigenvalue weighted by molar-refractivity contribution is -0.120. The first kappa shape index (κ1) is 11.2. The normalized spacial score (nSPS) is 21.2. The summed E-state index contributed by atoms with van der Waals surface area (Å²) in [6.45, 7) is 0. The van der Waals surface area contributed by atoms with Gasteiger partial charge in [0.25, 0.3) is 0 Å². The van der Waals surface area contributed by atoms with E-state index in [1.54, 1.807) is 0 Å². The van der Waals surface area contributed by atoms with Crippen molar-refractivity contribution in [1.82, 2.24) is 0 Å². The van der Waals surface area contributed by atoms with Crippen LogP contribution in [0.3, 0.4) is 0 Å². The average Bonchev–Trinajstić information content (AvgIpc) is 2.26. The number of benzene rings is 1. The van der Waals surface area contributed by atoms with Gasteiger partial charge in [0.05, 0.1) is 0 Å². The van der Waals surface area contributed by atoms with Gasteiger partial charge in [-0.05, 0) is 30.4 Å². The second-order valence-electron chi connectivity index (χ2n) is 4.10. The van der Waals surface area contributed by atoms with Crippen LogP contribution in [-0.4, -0.2) is 5.78 Å². The van der Waals surface area contributed by atoms with Crippen molar-refractivity contribution in [2.45, 2.75) is 31.6 Å². The van der Waals surface area contributed by atoms with Gasteiger partial charge in [0.1, 0.15) is 5.78 Å². The third-order valence-corrected chi connectivity index (χ3v) is 2.99. The van der Waals surface area contributed by atoms with Crippen molar-refractivity contribution in [3.05, 3.63) is 35.1 Å². The van der Waals surface area contributed by atoms with Crippen molar-refractivity contribution >= 4 is 5.78 Å². The summed E-state index contributed by atoms with van der Waals surface area (Å²) in [6.07, 6.45) is 2.06. The van der Waals surface area contributed by atoms with Gasteiger partial charge in [-0.2, -0.15) is 0 Å². The van der Waals surface area contributed by atoms with E-state index in [0.29, 0.717) is 19.3 Å². The molecule has 1 unspecified atom stereocenters. The Hall–Kier alpha value is -1.32. The first-order chi connectivity index (χ1) is 7.59. The molecule has 1 aliphatic carbocycles. The van der Waals surface area contributed by atoms with Crippen molar-refractivity contribution in [2.75, 3.05) is 0 Å². The third-order valence-electron chi connectivity index (χ3n) is 2.99. The van der Waals surface area contributed by atoms with Crippen LogP contribution in [0.1, 0.15) is 37.2 Å². The number of carbonyl (C=O) groups is 1. The van der Waals surface area contributed by atoms with Crippen LogP contribution in [0.5, 0.6) is 0 Å². The molecule has 0 bridgehead atoms. The molecule has 0 N–H and O–H groups in total. The van der Waals surface area contributed by atoms with E-state index in [2.05, 4.69) is 0 Å². The van der Waals surface area contributed by atoms with Gasteiger partial charge in [0.2, 0.25) is 0 Å². The van der Waals surface area contributed by atoms with Gasteiger partial charge in [-0.1, -0.05) is 6.07 Å². The van der Waals surface area contributed by atoms with Crippen molar-refractivity contribution in [3.8, 4) is 0 Å². The van der Waals surface area contributed by atoms with Gasteiger partial charge < -0.3 is 0 Å². The maximum Gasteiger partial charge on any atom is 0.194 e. The molecule has 1 atom stereocenters. The van der Waals surface area contributed by atoms with Crippen molar-refractivity contribution in [2.24, 2.45) is 0 Å². The maximum atomic E-state index is 13.4. The van der Waals surface area contributed by atoms with E-state index in [1.807, 2.05) is 0 Å². The minimum atomic E-state index is -1.45. The van der Waals surface area contributed by atoms with Gasteiger partial charge in [-0.15, -0.1) is 0 Å². The quantitative estimate of drug-likeness (QED) is 0.674. The van der Waals surface area contributed by atoms with Gasteiger partial charge in [0.15, 0.2) is 17.5 Å². The molecular weight excluding hydrogens is 217 g/mol. The first-order valence-electron chi connectivity index (χ1n) is 5.24. The molecule has 16 heavy (non-hydrogen) atoms. The van der Waals surface area contributed by atoms with Crippen LogP contribution < -0.4 is 0 Å². The van der Waals surface area contributed by atoms with E-state index in [-0.39, 0.29) is 23.7 Å². The molecule has 1 nitrogen and oxygen atoms in total. The molecule has 0 amide bonds. The van der Waals surface area contributed by atoms with E-state index in [4.69, 9.17) is 0 Å². The largest absolute Gasteiger partial charge is 0.300 e. The Morgan fingerprint density at radius 1 is 1.12 bits per heavy atom. The summed E-state index contributed by atoms with van der Waals surface area (Å²) in [6, 6.07) is 2.14. The molecule has 1 aliphatic rings. The third kappa shape index (κ3) is 1.96. The lowest BCUT2D eigenvalue weighted by atomic mass is 9.83. The highest BCUT2D eigenvalue weighted by atomic mass is 19.2. The molecular formula is C12H11F3O. The molecule has 1 saturated carbocycles. The van der Waals surface area contributed by atoms with Crippen LogP contribution in [0.2, 0.25) is 0 Å². The van der Waals surface area contributed by atoms with Crippen molar-refractivity contribution in [1.29, 1.82) is 0 Å². The van der Waals surface area contributed by atoms with Crippen LogP contribution in [0, 0.1) is 17.5 Å². The number of carbonyl (C=O) groups excluding carboxylic acids is 1. The van der Waals surface area contributed by atoms with Crippen LogP contribution in [-0.2, 0) is 4.79 Å². The number of hydrogen-bond donors (Lipinski definition) is 0. The predicted octanol–water partition coefficient (Wildman–Crippen LogP) is 3.33. The molecule has 1 aromatic carbocycles. The summed E-state index contributed by atoms with van der Waals surface area (Å²) in [5.74, 6) is -4.05. The van der Waals surface area contributed by atoms with Crippen LogP contribution in [0.4, 0.5) is 13.2 Å². The Morgan fingerprint density at radius 3 is 2.56 bits per heavy atom. The lowest BCUT2D eigenvalue weighted by Crippen LogP contribution is -2.15. The van der Waals surface area contributed by atoms with E-state index < -0.39 is 17.5 Å². The van der Waals surface area contributed by atoms with Crippen LogP contribution >= 0.6 is 0 Å². The number of rotatable bonds is 1. The molecule has 1 fully saturated rings. The maximum absolute atomic E-state index is 13.4. The van der Waals surface area contributed by atoms with Crippen LogP contribution in [0.15, 0.2) is 12.1 Å². The van der Waals surface area contributed by atoms with Gasteiger partial charge >= 0.3 is 0 Å². The molecule has 86 valence electrons. The standard InChI is InChI=1S/C12H11F3O/c13-10-5-4-9(11(14)12(10)15)7-2-1-3-8(16)6-7/h4-5,7H,1-3,6H2. The number of halogens is 3. The molecule has 0 aliphatic heterocycles. The smallest absolute Gasteiger partial charge is 0.194 e. The fraction of sp³-hybridized carbons (Fsp3) is 0.417. The lowest BCUT2D eigenvalue weighted by Gasteiger charge is -2.21. The first-order valence-corrected chi connectivity index (χ1v) is 5.24. The molecule has 4 heteroatoms. The summed E-state index contributed by atoms with van der Waals surface area (Å²) >= 11 is 0. The van der Waals surface area contributed by atoms with E-state index in [1.165, 1.54) is 6.07 Å². The zero-order valence-corrected chi connectivity index (χ0v) is 8.60. The number of ketones is 1. The molecule has 0 aromatic heterocycles. The molecule has 0 heterocycles. The highest BCUT2D eigenvalue weighted by molar-refractivity contribution is 5.80. The average molecular weight is 228 g/mol. The van der Waals surface area contributed by atoms with E-state index in [0.717, 1.165) is 6.07 Å². The van der Waals surface area contributed by atoms with Crippen LogP contribution in [0.25, 0.3) is 0 Å². The van der Waals surface area contributed by atoms with Gasteiger partial charge in [0, 0.05) is 12.8 Å². The van der Waals surface area contributed by atoms with E-state index in [9.17, 15) is 18.0 Å². The minimum absolute atomic E-state index is 0.0559. The Labute approximate surface area is 91.3 Å². The Bertz CT molecular complexity index is 429. The number of Topliss-reactive ketones (excluding diaryl/α,β-unsaturated/α-hetero) is 1. The highest BCUT2D eigenvalue weighted by Gasteiger charge is 2.25. The highest BCUT2D eigenvalue weighted by Crippen LogP contribution is 2.33. The summed E-state index contributed by atoms with van der Waals surface area (Å²) < 4.78 is 39.2. The zero-order valence-electron chi connectivity index (χ0n) is 8.60. The van der Waals surface area contributed by atoms with E-state index >= 15 is 0 Å². The number of hydrogen-bond acceptors (Lipinski definition) is 1. The second kappa shape index (κ2) is 4.28. The minimum Gasteiger partial charge on any atom is -0.300 e. The van der Waals surface area contributed by atoms with Crippen molar-refractivity contribution < 1.29 is 18.0 Å². The molecule has 0 spiro atoms. The topological polar surface area (TPSA) is 17.1 Å². The summed E-state index contributed by atoms with van der Waals surface area (Å²) in [4.78, 5) is 11.2.